The molecule has 2 atom stereocenters. The third-order valence-electron chi connectivity index (χ3n) is 7.74. The van der Waals surface area contributed by atoms with Crippen molar-refractivity contribution >= 4 is 46.9 Å². The Morgan fingerprint density at radius 2 is 1.81 bits per heavy atom. The van der Waals surface area contributed by atoms with E-state index >= 15 is 0 Å². The SMILES string of the molecule is CC1CCN(c2ccc3c(c2)Sc2cc(C(F)(F)F)cc(NC4CCN(CCN)CC4)c2N3)C1C.Cl. The molecule has 0 amide bonds. The molecule has 5 nitrogen and oxygen atoms in total. The van der Waals surface area contributed by atoms with Gasteiger partial charge in [-0.25, -0.2) is 0 Å². The summed E-state index contributed by atoms with van der Waals surface area (Å²) < 4.78 is 41.4. The van der Waals surface area contributed by atoms with Gasteiger partial charge in [-0.1, -0.05) is 18.7 Å². The molecular formula is C26H35ClF3N5S. The van der Waals surface area contributed by atoms with Crippen LogP contribution in [0.2, 0.25) is 0 Å². The molecule has 0 spiro atoms. The van der Waals surface area contributed by atoms with Gasteiger partial charge in [-0.15, -0.1) is 12.4 Å². The van der Waals surface area contributed by atoms with Crippen LogP contribution in [0, 0.1) is 5.92 Å². The second kappa shape index (κ2) is 10.9. The van der Waals surface area contributed by atoms with Crippen LogP contribution in [-0.4, -0.2) is 49.7 Å². The van der Waals surface area contributed by atoms with E-state index in [-0.39, 0.29) is 18.4 Å². The van der Waals surface area contributed by atoms with Crippen LogP contribution in [0.15, 0.2) is 40.1 Å². The zero-order valence-electron chi connectivity index (χ0n) is 20.7. The monoisotopic (exact) mass is 541 g/mol. The van der Waals surface area contributed by atoms with Crippen molar-refractivity contribution in [2.24, 2.45) is 11.7 Å². The van der Waals surface area contributed by atoms with E-state index in [2.05, 4.69) is 52.5 Å². The third kappa shape index (κ3) is 5.54. The number of rotatable bonds is 5. The number of nitrogens with one attached hydrogen (secondary N) is 2. The van der Waals surface area contributed by atoms with Crippen molar-refractivity contribution in [3.8, 4) is 0 Å². The van der Waals surface area contributed by atoms with Gasteiger partial charge in [-0.05, 0) is 62.4 Å². The first kappa shape index (κ1) is 27.2. The van der Waals surface area contributed by atoms with Crippen LogP contribution in [0.4, 0.5) is 35.9 Å². The molecule has 2 saturated heterocycles. The second-order valence-electron chi connectivity index (χ2n) is 10.1. The molecule has 2 fully saturated rings. The highest BCUT2D eigenvalue weighted by Gasteiger charge is 2.34. The van der Waals surface area contributed by atoms with E-state index in [0.29, 0.717) is 29.1 Å². The molecule has 0 aliphatic carbocycles. The highest BCUT2D eigenvalue weighted by molar-refractivity contribution is 7.99. The minimum Gasteiger partial charge on any atom is -0.380 e. The Labute approximate surface area is 221 Å². The molecule has 0 saturated carbocycles. The van der Waals surface area contributed by atoms with Crippen molar-refractivity contribution in [1.82, 2.24) is 4.90 Å². The van der Waals surface area contributed by atoms with E-state index in [1.165, 1.54) is 23.9 Å². The summed E-state index contributed by atoms with van der Waals surface area (Å²) in [5.74, 6) is 0.627. The highest BCUT2D eigenvalue weighted by atomic mass is 35.5. The zero-order chi connectivity index (χ0) is 24.7. The van der Waals surface area contributed by atoms with Crippen LogP contribution in [0.25, 0.3) is 0 Å². The van der Waals surface area contributed by atoms with Crippen molar-refractivity contribution in [2.45, 2.75) is 61.2 Å². The molecule has 3 aliphatic heterocycles. The number of benzene rings is 2. The molecule has 10 heteroatoms. The lowest BCUT2D eigenvalue weighted by molar-refractivity contribution is -0.137. The predicted molar refractivity (Wildman–Crippen MR) is 145 cm³/mol. The summed E-state index contributed by atoms with van der Waals surface area (Å²) in [5, 5.41) is 6.89. The molecule has 2 aromatic carbocycles. The fourth-order valence-electron chi connectivity index (χ4n) is 5.40. The van der Waals surface area contributed by atoms with Gasteiger partial charge in [0.05, 0.1) is 22.6 Å². The minimum atomic E-state index is -4.40. The largest absolute Gasteiger partial charge is 0.416 e. The molecule has 198 valence electrons. The van der Waals surface area contributed by atoms with Gasteiger partial charge in [-0.3, -0.25) is 0 Å². The van der Waals surface area contributed by atoms with Gasteiger partial charge in [0, 0.05) is 60.3 Å². The van der Waals surface area contributed by atoms with Crippen molar-refractivity contribution in [3.05, 3.63) is 35.9 Å². The van der Waals surface area contributed by atoms with Gasteiger partial charge in [0.2, 0.25) is 0 Å². The van der Waals surface area contributed by atoms with Gasteiger partial charge < -0.3 is 26.2 Å². The number of nitrogens with zero attached hydrogens (tertiary/aromatic N) is 2. The van der Waals surface area contributed by atoms with Gasteiger partial charge >= 0.3 is 6.18 Å². The predicted octanol–water partition coefficient (Wildman–Crippen LogP) is 6.41. The molecule has 3 heterocycles. The van der Waals surface area contributed by atoms with Crippen LogP contribution in [0.3, 0.4) is 0 Å². The summed E-state index contributed by atoms with van der Waals surface area (Å²) in [7, 11) is 0. The molecule has 2 aromatic rings. The molecule has 0 aromatic heterocycles. The fourth-order valence-corrected chi connectivity index (χ4v) is 6.49. The first-order valence-electron chi connectivity index (χ1n) is 12.5. The molecule has 5 rings (SSSR count). The number of hydrogen-bond donors (Lipinski definition) is 3. The smallest absolute Gasteiger partial charge is 0.380 e. The summed E-state index contributed by atoms with van der Waals surface area (Å²) in [6.07, 6.45) is -1.49. The summed E-state index contributed by atoms with van der Waals surface area (Å²) in [5.41, 5.74) is 8.38. The van der Waals surface area contributed by atoms with E-state index in [1.54, 1.807) is 0 Å². The van der Waals surface area contributed by atoms with Crippen molar-refractivity contribution in [2.75, 3.05) is 48.3 Å². The number of fused-ring (bicyclic) bond motifs is 2. The van der Waals surface area contributed by atoms with E-state index in [0.717, 1.165) is 67.4 Å². The lowest BCUT2D eigenvalue weighted by Crippen LogP contribution is -2.41. The second-order valence-corrected chi connectivity index (χ2v) is 11.1. The van der Waals surface area contributed by atoms with E-state index in [9.17, 15) is 13.2 Å². The van der Waals surface area contributed by atoms with Gasteiger partial charge in [0.25, 0.3) is 0 Å². The first-order valence-corrected chi connectivity index (χ1v) is 13.3. The number of anilines is 4. The number of halogens is 4. The highest BCUT2D eigenvalue weighted by Crippen LogP contribution is 2.51. The Morgan fingerprint density at radius 3 is 2.44 bits per heavy atom. The minimum absolute atomic E-state index is 0. The van der Waals surface area contributed by atoms with E-state index in [4.69, 9.17) is 5.73 Å². The summed E-state index contributed by atoms with van der Waals surface area (Å²) in [6.45, 7) is 8.80. The maximum atomic E-state index is 13.8. The average Bonchev–Trinajstić information content (AvgIpc) is 3.16. The van der Waals surface area contributed by atoms with Crippen molar-refractivity contribution < 1.29 is 13.2 Å². The van der Waals surface area contributed by atoms with Gasteiger partial charge in [-0.2, -0.15) is 13.2 Å². The van der Waals surface area contributed by atoms with Crippen LogP contribution in [-0.2, 0) is 6.18 Å². The van der Waals surface area contributed by atoms with Crippen LogP contribution < -0.4 is 21.3 Å². The Morgan fingerprint density at radius 1 is 1.06 bits per heavy atom. The number of hydrogen-bond acceptors (Lipinski definition) is 6. The summed E-state index contributed by atoms with van der Waals surface area (Å²) >= 11 is 1.42. The van der Waals surface area contributed by atoms with Crippen molar-refractivity contribution in [1.29, 1.82) is 0 Å². The van der Waals surface area contributed by atoms with Crippen LogP contribution in [0.5, 0.6) is 0 Å². The molecule has 36 heavy (non-hydrogen) atoms. The molecular weight excluding hydrogens is 507 g/mol. The Balaban J connectivity index is 0.00000304. The zero-order valence-corrected chi connectivity index (χ0v) is 22.3. The summed E-state index contributed by atoms with van der Waals surface area (Å²) in [4.78, 5) is 6.28. The molecule has 4 N–H and O–H groups in total. The first-order chi connectivity index (χ1) is 16.7. The third-order valence-corrected chi connectivity index (χ3v) is 8.84. The molecule has 0 bridgehead atoms. The maximum Gasteiger partial charge on any atom is 0.416 e. The Hall–Kier alpha value is -1.81. The number of piperidine rings is 1. The standard InChI is InChI=1S/C26H34F3N5S.ClH/c1-16-5-11-34(17(16)2)20-3-4-21-23(15-20)35-24-14-18(26(27,28)29)13-22(25(24)32-21)31-19-6-9-33(10-7-19)12-8-30;/h3-4,13-17,19,31-32H,5-12,30H2,1-2H3;1H. The van der Waals surface area contributed by atoms with Crippen molar-refractivity contribution in [3.63, 3.8) is 0 Å². The number of alkyl halides is 3. The van der Waals surface area contributed by atoms with E-state index < -0.39 is 11.7 Å². The topological polar surface area (TPSA) is 56.6 Å². The molecule has 2 unspecified atom stereocenters. The van der Waals surface area contributed by atoms with Gasteiger partial charge in [0.15, 0.2) is 0 Å². The van der Waals surface area contributed by atoms with Crippen LogP contribution in [0.1, 0.15) is 38.7 Å². The van der Waals surface area contributed by atoms with Gasteiger partial charge in [0.1, 0.15) is 0 Å². The Kier molecular flexibility index (Phi) is 8.24. The summed E-state index contributed by atoms with van der Waals surface area (Å²) in [6, 6.07) is 9.41. The molecule has 3 aliphatic rings. The number of likely N-dealkylation sites (tertiary alicyclic amines) is 1. The maximum absolute atomic E-state index is 13.8. The number of nitrogens with two attached hydrogens (primary N) is 1. The lowest BCUT2D eigenvalue weighted by atomic mass is 10.0. The Bertz CT molecular complexity index is 1070. The fraction of sp³-hybridized carbons (Fsp3) is 0.538. The van der Waals surface area contributed by atoms with Crippen LogP contribution >= 0.6 is 24.2 Å². The van der Waals surface area contributed by atoms with E-state index in [1.807, 2.05) is 0 Å². The lowest BCUT2D eigenvalue weighted by Gasteiger charge is -2.34. The normalized spacial score (nSPS) is 22.4. The quantitative estimate of drug-likeness (QED) is 0.347. The average molecular weight is 542 g/mol. The molecule has 0 radical (unpaired) electrons.